The van der Waals surface area contributed by atoms with E-state index < -0.39 is 0 Å². The van der Waals surface area contributed by atoms with Gasteiger partial charge in [-0.05, 0) is 30.6 Å². The lowest BCUT2D eigenvalue weighted by molar-refractivity contribution is -0.124. The first-order valence-corrected chi connectivity index (χ1v) is 4.90. The third kappa shape index (κ3) is 1.21. The molecule has 2 atom stereocenters. The number of Topliss-reactive ketones (excluding diaryl/α,β-unsaturated/α-hetero) is 1. The second kappa shape index (κ2) is 2.72. The standard InChI is InChI=1S/C11H16O/c1-11-6-3-2-4-9(11)8-10(12)5-7-11/h3,6,9H,2,4-5,7-8H2,1H3/t9-,11+/m1/s1. The topological polar surface area (TPSA) is 17.1 Å². The first-order chi connectivity index (χ1) is 5.71. The highest BCUT2D eigenvalue weighted by atomic mass is 16.1. The van der Waals surface area contributed by atoms with E-state index in [1.807, 2.05) is 0 Å². The lowest BCUT2D eigenvalue weighted by Crippen LogP contribution is -2.34. The summed E-state index contributed by atoms with van der Waals surface area (Å²) in [5.74, 6) is 1.12. The minimum Gasteiger partial charge on any atom is -0.300 e. The van der Waals surface area contributed by atoms with Gasteiger partial charge in [-0.2, -0.15) is 0 Å². The molecule has 0 radical (unpaired) electrons. The van der Waals surface area contributed by atoms with Crippen molar-refractivity contribution in [2.75, 3.05) is 0 Å². The van der Waals surface area contributed by atoms with Gasteiger partial charge >= 0.3 is 0 Å². The largest absolute Gasteiger partial charge is 0.300 e. The van der Waals surface area contributed by atoms with Crippen LogP contribution in [0.3, 0.4) is 0 Å². The van der Waals surface area contributed by atoms with Gasteiger partial charge in [-0.3, -0.25) is 4.79 Å². The number of rotatable bonds is 0. The number of ketones is 1. The van der Waals surface area contributed by atoms with E-state index in [0.29, 0.717) is 17.1 Å². The van der Waals surface area contributed by atoms with E-state index in [9.17, 15) is 4.79 Å². The van der Waals surface area contributed by atoms with Crippen molar-refractivity contribution in [2.45, 2.75) is 39.0 Å². The molecule has 0 bridgehead atoms. The second-order valence-electron chi connectivity index (χ2n) is 4.43. The van der Waals surface area contributed by atoms with Crippen molar-refractivity contribution in [2.24, 2.45) is 11.3 Å². The van der Waals surface area contributed by atoms with Gasteiger partial charge in [0.05, 0.1) is 0 Å². The average Bonchev–Trinajstić information content (AvgIpc) is 2.06. The van der Waals surface area contributed by atoms with E-state index in [4.69, 9.17) is 0 Å². The molecule has 0 aromatic carbocycles. The van der Waals surface area contributed by atoms with E-state index in [1.54, 1.807) is 0 Å². The summed E-state index contributed by atoms with van der Waals surface area (Å²) in [4.78, 5) is 11.2. The van der Waals surface area contributed by atoms with Gasteiger partial charge in [-0.15, -0.1) is 0 Å². The second-order valence-corrected chi connectivity index (χ2v) is 4.43. The number of carbonyl (C=O) groups is 1. The summed E-state index contributed by atoms with van der Waals surface area (Å²) in [5, 5.41) is 0. The molecule has 12 heavy (non-hydrogen) atoms. The zero-order valence-corrected chi connectivity index (χ0v) is 7.68. The van der Waals surface area contributed by atoms with E-state index in [0.717, 1.165) is 19.3 Å². The molecule has 66 valence electrons. The minimum absolute atomic E-state index is 0.353. The van der Waals surface area contributed by atoms with Gasteiger partial charge in [0.1, 0.15) is 5.78 Å². The number of hydrogen-bond donors (Lipinski definition) is 0. The third-order valence-corrected chi connectivity index (χ3v) is 3.53. The SMILES string of the molecule is C[C@@]12C=CCC[C@@H]1CC(=O)CC2. The maximum absolute atomic E-state index is 11.2. The lowest BCUT2D eigenvalue weighted by Gasteiger charge is -2.41. The molecule has 0 amide bonds. The molecule has 0 heterocycles. The maximum atomic E-state index is 11.2. The Bertz CT molecular complexity index is 229. The van der Waals surface area contributed by atoms with Crippen LogP contribution in [0, 0.1) is 11.3 Å². The highest BCUT2D eigenvalue weighted by Gasteiger charge is 2.38. The van der Waals surface area contributed by atoms with Crippen LogP contribution in [0.1, 0.15) is 39.0 Å². The van der Waals surface area contributed by atoms with Gasteiger partial charge in [-0.25, -0.2) is 0 Å². The molecule has 0 spiro atoms. The normalized spacial score (nSPS) is 41.1. The summed E-state index contributed by atoms with van der Waals surface area (Å²) in [6, 6.07) is 0. The molecule has 0 unspecified atom stereocenters. The zero-order chi connectivity index (χ0) is 8.60. The predicted octanol–water partition coefficient (Wildman–Crippen LogP) is 2.71. The minimum atomic E-state index is 0.353. The maximum Gasteiger partial charge on any atom is 0.133 e. The average molecular weight is 164 g/mol. The van der Waals surface area contributed by atoms with Crippen LogP contribution in [0.15, 0.2) is 12.2 Å². The monoisotopic (exact) mass is 164 g/mol. The molecular weight excluding hydrogens is 148 g/mol. The first kappa shape index (κ1) is 8.03. The van der Waals surface area contributed by atoms with Crippen LogP contribution < -0.4 is 0 Å². The van der Waals surface area contributed by atoms with Crippen molar-refractivity contribution in [3.05, 3.63) is 12.2 Å². The lowest BCUT2D eigenvalue weighted by atomic mass is 9.63. The molecule has 1 heteroatoms. The molecule has 0 N–H and O–H groups in total. The Morgan fingerprint density at radius 1 is 1.58 bits per heavy atom. The van der Waals surface area contributed by atoms with Gasteiger partial charge in [-0.1, -0.05) is 19.1 Å². The molecule has 0 aromatic rings. The molecule has 0 aliphatic heterocycles. The van der Waals surface area contributed by atoms with Crippen LogP contribution in [0.5, 0.6) is 0 Å². The number of carbonyl (C=O) groups excluding carboxylic acids is 1. The fourth-order valence-corrected chi connectivity index (χ4v) is 2.52. The van der Waals surface area contributed by atoms with Crippen molar-refractivity contribution in [1.82, 2.24) is 0 Å². The molecule has 1 saturated carbocycles. The quantitative estimate of drug-likeness (QED) is 0.503. The molecule has 0 aromatic heterocycles. The van der Waals surface area contributed by atoms with Crippen molar-refractivity contribution < 1.29 is 4.79 Å². The summed E-state index contributed by atoms with van der Waals surface area (Å²) < 4.78 is 0. The highest BCUT2D eigenvalue weighted by Crippen LogP contribution is 2.45. The van der Waals surface area contributed by atoms with Crippen molar-refractivity contribution in [3.63, 3.8) is 0 Å². The summed E-state index contributed by atoms with van der Waals surface area (Å²) in [5.41, 5.74) is 0.353. The summed E-state index contributed by atoms with van der Waals surface area (Å²) in [6.07, 6.45) is 9.73. The third-order valence-electron chi connectivity index (χ3n) is 3.53. The fraction of sp³-hybridized carbons (Fsp3) is 0.727. The van der Waals surface area contributed by atoms with E-state index in [-0.39, 0.29) is 0 Å². The smallest absolute Gasteiger partial charge is 0.133 e. The molecule has 2 aliphatic rings. The van der Waals surface area contributed by atoms with Crippen molar-refractivity contribution in [3.8, 4) is 0 Å². The molecule has 2 aliphatic carbocycles. The van der Waals surface area contributed by atoms with Gasteiger partial charge in [0.25, 0.3) is 0 Å². The Hall–Kier alpha value is -0.590. The molecule has 2 rings (SSSR count). The van der Waals surface area contributed by atoms with E-state index in [2.05, 4.69) is 19.1 Å². The molecule has 1 nitrogen and oxygen atoms in total. The number of hydrogen-bond acceptors (Lipinski definition) is 1. The summed E-state index contributed by atoms with van der Waals surface area (Å²) >= 11 is 0. The summed E-state index contributed by atoms with van der Waals surface area (Å²) in [7, 11) is 0. The Kier molecular flexibility index (Phi) is 1.82. The number of fused-ring (bicyclic) bond motifs is 1. The van der Waals surface area contributed by atoms with Gasteiger partial charge in [0, 0.05) is 12.8 Å². The van der Waals surface area contributed by atoms with E-state index in [1.165, 1.54) is 12.8 Å². The Morgan fingerprint density at radius 2 is 2.42 bits per heavy atom. The van der Waals surface area contributed by atoms with E-state index >= 15 is 0 Å². The molecular formula is C11H16O. The first-order valence-electron chi connectivity index (χ1n) is 4.90. The van der Waals surface area contributed by atoms with Crippen LogP contribution in [-0.2, 0) is 4.79 Å². The van der Waals surface area contributed by atoms with Crippen molar-refractivity contribution >= 4 is 5.78 Å². The Labute approximate surface area is 73.8 Å². The highest BCUT2D eigenvalue weighted by molar-refractivity contribution is 5.79. The molecule has 1 fully saturated rings. The number of allylic oxidation sites excluding steroid dienone is 2. The van der Waals surface area contributed by atoms with Crippen LogP contribution in [-0.4, -0.2) is 5.78 Å². The van der Waals surface area contributed by atoms with Crippen LogP contribution in [0.2, 0.25) is 0 Å². The van der Waals surface area contributed by atoms with Crippen LogP contribution in [0.25, 0.3) is 0 Å². The zero-order valence-electron chi connectivity index (χ0n) is 7.68. The Morgan fingerprint density at radius 3 is 3.25 bits per heavy atom. The predicted molar refractivity (Wildman–Crippen MR) is 48.8 cm³/mol. The van der Waals surface area contributed by atoms with Crippen LogP contribution >= 0.6 is 0 Å². The summed E-state index contributed by atoms with van der Waals surface area (Å²) in [6.45, 7) is 2.31. The Balaban J connectivity index is 2.20. The van der Waals surface area contributed by atoms with Crippen molar-refractivity contribution in [1.29, 1.82) is 0 Å². The fourth-order valence-electron chi connectivity index (χ4n) is 2.52. The van der Waals surface area contributed by atoms with Gasteiger partial charge in [0.2, 0.25) is 0 Å². The molecule has 0 saturated heterocycles. The van der Waals surface area contributed by atoms with Gasteiger partial charge in [0.15, 0.2) is 0 Å². The van der Waals surface area contributed by atoms with Crippen LogP contribution in [0.4, 0.5) is 0 Å². The van der Waals surface area contributed by atoms with Gasteiger partial charge < -0.3 is 0 Å².